The van der Waals surface area contributed by atoms with Gasteiger partial charge in [-0.2, -0.15) is 0 Å². The van der Waals surface area contributed by atoms with Gasteiger partial charge in [-0.1, -0.05) is 63.6 Å². The van der Waals surface area contributed by atoms with Crippen molar-refractivity contribution in [3.8, 4) is 0 Å². The molecule has 594 valence electrons. The number of nitrogens with zero attached hydrogens (tertiary/aromatic N) is 2. The van der Waals surface area contributed by atoms with E-state index in [-0.39, 0.29) is 194 Å². The van der Waals surface area contributed by atoms with Gasteiger partial charge < -0.3 is 85.6 Å². The number of Topliss-reactive ketones (excluding diaryl/α,β-unsaturated/α-hetero) is 2. The van der Waals surface area contributed by atoms with E-state index >= 15 is 0 Å². The number of rotatable bonds is 18. The Morgan fingerprint density at radius 1 is 0.429 bits per heavy atom. The fourth-order valence-electron chi connectivity index (χ4n) is 21.2. The molecule has 6 aliphatic carbocycles. The smallest absolute Gasteiger partial charge is 0.306 e. The van der Waals surface area contributed by atoms with Gasteiger partial charge in [-0.25, -0.2) is 0 Å². The number of fused-ring (bicyclic) bond motifs is 10. The summed E-state index contributed by atoms with van der Waals surface area (Å²) in [6, 6.07) is 0.676. The van der Waals surface area contributed by atoms with Crippen LogP contribution in [0.5, 0.6) is 0 Å². The molecule has 12 rings (SSSR count). The lowest BCUT2D eigenvalue weighted by molar-refractivity contribution is -0.314. The topological polar surface area (TPSA) is 222 Å². The molecule has 0 spiro atoms. The van der Waals surface area contributed by atoms with E-state index in [1.54, 1.807) is 42.7 Å². The van der Waals surface area contributed by atoms with Gasteiger partial charge in [0.1, 0.15) is 48.8 Å². The fourth-order valence-corrected chi connectivity index (χ4v) is 21.2. The first-order valence-corrected chi connectivity index (χ1v) is 40.4. The minimum Gasteiger partial charge on any atom is -0.462 e. The molecule has 6 saturated heterocycles. The highest BCUT2D eigenvalue weighted by molar-refractivity contribution is 6.00. The van der Waals surface area contributed by atoms with Crippen LogP contribution in [-0.4, -0.2) is 239 Å². The second-order valence-electron chi connectivity index (χ2n) is 33.5. The summed E-state index contributed by atoms with van der Waals surface area (Å²) in [6.45, 7) is 18.6. The minimum atomic E-state index is -0.598. The minimum absolute atomic E-state index is 0.0364. The lowest BCUT2D eigenvalue weighted by atomic mass is 9.67. The number of carbonyl (C=O) groups excluding carboxylic acids is 4. The van der Waals surface area contributed by atoms with Crippen LogP contribution in [0.15, 0.2) is 47.1 Å². The number of carbonyl (C=O) groups is 4. The number of methoxy groups -OCH3 is 6. The SMILES string of the molecule is CC[C@H]1CCC[C@H](O[C@H]2CC[C@H](N(C)C)[C@@H](C)O2)[C@@H](C)C(=O)C2=C[C@@H]3C(C=C(C)[C@@H]4C[C@@H](OC5O[C@@H](C)[C@H](OC)[C@@H](OC)[C@H]5OC)CC34)[C@@H]2CC(=O)O1.CC[C@H]1CCC[C@H](O[C@H]2CC[C@H](N(C)C)[C@@H](C)O2)[C@@H](C)C(=O)C2=C[C@H]3C4C[C@H](OC5O[C@@H](C)[C@H](OC)[C@@H](OC)[C@H]5OC)C[C@H]4C=CC3[C@@H]2CC(=O)O1. The summed E-state index contributed by atoms with van der Waals surface area (Å²) >= 11 is 0. The molecule has 6 aliphatic heterocycles. The molecule has 0 radical (unpaired) electrons. The van der Waals surface area contributed by atoms with Crippen molar-refractivity contribution in [3.63, 3.8) is 0 Å². The van der Waals surface area contributed by atoms with Crippen molar-refractivity contribution in [1.82, 2.24) is 9.80 Å². The number of allylic oxidation sites excluding steroid dienone is 8. The zero-order chi connectivity index (χ0) is 75.4. The number of hydrogen-bond acceptors (Lipinski definition) is 22. The van der Waals surface area contributed by atoms with Crippen molar-refractivity contribution in [3.05, 3.63) is 47.1 Å². The Morgan fingerprint density at radius 3 is 1.29 bits per heavy atom. The molecular weight excluding hydrogens is 1340 g/mol. The summed E-state index contributed by atoms with van der Waals surface area (Å²) in [4.78, 5) is 60.9. The van der Waals surface area contributed by atoms with Gasteiger partial charge >= 0.3 is 11.9 Å². The van der Waals surface area contributed by atoms with Crippen molar-refractivity contribution in [2.75, 3.05) is 70.8 Å². The van der Waals surface area contributed by atoms with Crippen LogP contribution >= 0.6 is 0 Å². The Hall–Kier alpha value is -3.40. The van der Waals surface area contributed by atoms with E-state index in [2.05, 4.69) is 103 Å². The van der Waals surface area contributed by atoms with Crippen LogP contribution in [0.2, 0.25) is 0 Å². The standard InChI is InChI=1S/C42H67NO10.C41H65NO10/c1-11-26-13-12-14-35(53-37-16-15-34(43(6)7)24(4)49-37)23(3)38(45)33-20-31-29(32(33)21-36(44)51-26)17-22(2)28-18-27(19-30(28)31)52-42-41(48-10)40(47-9)39(46-8)25(5)50-42;1-10-26-12-11-13-34(52-36-17-16-33(42(5)6)23(3)48-36)22(2)37(44)32-20-30-28(31(32)21-35(43)50-26)15-14-25-18-27(19-29(25)30)51-41-40(47-9)39(46-8)38(45-7)24(4)49-41/h17,20,23-32,34-35,37,39-42H,11-16,18-19,21H2,1-10H3;14-15,20,22-31,33-34,36,38-41H,10-13,16-19,21H2,1-9H3/t23-,24-,25+,26+,27-,28+,29?,30?,31-,32+,34+,35+,37+,39+,40-,41-,42?;22-,23-,24+,25-,26+,27-,28?,29?,30-,31+,33+,34+,36+,38+,39-,40-,41?/m11/s1. The highest BCUT2D eigenvalue weighted by Gasteiger charge is 2.56. The van der Waals surface area contributed by atoms with E-state index < -0.39 is 24.8 Å². The third-order valence-corrected chi connectivity index (χ3v) is 26.9. The van der Waals surface area contributed by atoms with Crippen LogP contribution in [0.3, 0.4) is 0 Å². The molecule has 0 aromatic heterocycles. The molecule has 0 bridgehead atoms. The zero-order valence-corrected chi connectivity index (χ0v) is 66.8. The fraction of sp³-hybridized carbons (Fsp3) is 0.855. The normalized spacial score (nSPS) is 45.5. The first kappa shape index (κ1) is 82.6. The predicted molar refractivity (Wildman–Crippen MR) is 393 cm³/mol. The van der Waals surface area contributed by atoms with Gasteiger partial charge in [-0.05, 0) is 224 Å². The molecule has 12 aliphatic rings. The third-order valence-electron chi connectivity index (χ3n) is 26.9. The number of cyclic esters (lactones) is 2. The number of likely N-dealkylation sites (N-methyl/N-ethyl adjacent to an activating group) is 2. The molecule has 0 aromatic rings. The Balaban J connectivity index is 0.000000210. The van der Waals surface area contributed by atoms with E-state index in [4.69, 9.17) is 75.8 Å². The molecule has 0 amide bonds. The Bertz CT molecular complexity index is 3010. The molecule has 6 heterocycles. The molecule has 6 unspecified atom stereocenters. The first-order chi connectivity index (χ1) is 50.3. The highest BCUT2D eigenvalue weighted by Crippen LogP contribution is 2.58. The quantitative estimate of drug-likeness (QED) is 0.0919. The van der Waals surface area contributed by atoms with Crippen LogP contribution in [-0.2, 0) is 95.0 Å². The van der Waals surface area contributed by atoms with Gasteiger partial charge in [0.25, 0.3) is 0 Å². The van der Waals surface area contributed by atoms with Gasteiger partial charge in [0, 0.05) is 78.4 Å². The summed E-state index contributed by atoms with van der Waals surface area (Å²) in [5.74, 6) is 0.0293. The summed E-state index contributed by atoms with van der Waals surface area (Å²) in [7, 11) is 18.3. The molecule has 34 atom stereocenters. The molecule has 22 nitrogen and oxygen atoms in total. The van der Waals surface area contributed by atoms with Crippen molar-refractivity contribution < 1.29 is 95.0 Å². The summed E-state index contributed by atoms with van der Waals surface area (Å²) in [6.07, 6.45) is 19.4. The molecule has 0 aromatic carbocycles. The van der Waals surface area contributed by atoms with Crippen LogP contribution in [0.4, 0.5) is 0 Å². The van der Waals surface area contributed by atoms with Crippen LogP contribution in [0, 0.1) is 71.0 Å². The van der Waals surface area contributed by atoms with Crippen LogP contribution in [0.1, 0.15) is 178 Å². The summed E-state index contributed by atoms with van der Waals surface area (Å²) in [5, 5.41) is 0. The molecule has 22 heteroatoms. The van der Waals surface area contributed by atoms with Crippen molar-refractivity contribution >= 4 is 23.5 Å². The Morgan fingerprint density at radius 2 is 0.857 bits per heavy atom. The number of esters is 2. The molecular formula is C83H132N2O20. The maximum atomic E-state index is 14.7. The van der Waals surface area contributed by atoms with E-state index in [0.717, 1.165) is 101 Å². The van der Waals surface area contributed by atoms with Crippen molar-refractivity contribution in [2.45, 2.75) is 313 Å². The van der Waals surface area contributed by atoms with Gasteiger partial charge in [0.2, 0.25) is 0 Å². The van der Waals surface area contributed by atoms with Crippen molar-refractivity contribution in [1.29, 1.82) is 0 Å². The van der Waals surface area contributed by atoms with Crippen molar-refractivity contribution in [2.24, 2.45) is 71.0 Å². The number of ether oxygens (including phenoxy) is 16. The van der Waals surface area contributed by atoms with Gasteiger partial charge in [0.05, 0.1) is 61.7 Å². The van der Waals surface area contributed by atoms with Crippen LogP contribution in [0.25, 0.3) is 0 Å². The zero-order valence-electron chi connectivity index (χ0n) is 66.8. The van der Waals surface area contributed by atoms with E-state index in [1.807, 2.05) is 27.7 Å². The second kappa shape index (κ2) is 36.8. The molecule has 105 heavy (non-hydrogen) atoms. The number of ketones is 2. The summed E-state index contributed by atoms with van der Waals surface area (Å²) in [5.41, 5.74) is 2.84. The maximum absolute atomic E-state index is 14.7. The maximum Gasteiger partial charge on any atom is 0.306 e. The van der Waals surface area contributed by atoms with Crippen LogP contribution < -0.4 is 0 Å². The van der Waals surface area contributed by atoms with E-state index in [9.17, 15) is 19.2 Å². The van der Waals surface area contributed by atoms with Gasteiger partial charge in [-0.15, -0.1) is 0 Å². The molecule has 2 saturated carbocycles. The largest absolute Gasteiger partial charge is 0.462 e. The van der Waals surface area contributed by atoms with Gasteiger partial charge in [0.15, 0.2) is 36.7 Å². The average Bonchev–Trinajstić information content (AvgIpc) is 1.60. The third kappa shape index (κ3) is 18.2. The lowest BCUT2D eigenvalue weighted by Crippen LogP contribution is -2.59. The summed E-state index contributed by atoms with van der Waals surface area (Å²) < 4.78 is 99.3. The second-order valence-corrected chi connectivity index (χ2v) is 33.5. The first-order valence-electron chi connectivity index (χ1n) is 40.4. The molecule has 0 N–H and O–H groups in total. The number of hydrogen-bond donors (Lipinski definition) is 0. The van der Waals surface area contributed by atoms with E-state index in [0.29, 0.717) is 36.8 Å². The highest BCUT2D eigenvalue weighted by atomic mass is 16.7. The molecule has 8 fully saturated rings. The van der Waals surface area contributed by atoms with Gasteiger partial charge in [-0.3, -0.25) is 19.2 Å². The monoisotopic (exact) mass is 1480 g/mol. The Kier molecular flexibility index (Phi) is 29.0. The average molecular weight is 1480 g/mol. The Labute approximate surface area is 627 Å². The van der Waals surface area contributed by atoms with E-state index in [1.165, 1.54) is 5.57 Å². The predicted octanol–water partition coefficient (Wildman–Crippen LogP) is 11.4. The lowest BCUT2D eigenvalue weighted by Gasteiger charge is -2.44.